The van der Waals surface area contributed by atoms with E-state index in [0.29, 0.717) is 25.9 Å². The Morgan fingerprint density at radius 3 is 2.42 bits per heavy atom. The second-order valence-corrected chi connectivity index (χ2v) is 13.0. The summed E-state index contributed by atoms with van der Waals surface area (Å²) in [4.78, 5) is 54.0. The minimum absolute atomic E-state index is 0.0646. The first-order chi connectivity index (χ1) is 18.6. The molecule has 3 N–H and O–H groups in total. The molecule has 0 saturated carbocycles. The molecule has 40 heavy (non-hydrogen) atoms. The van der Waals surface area contributed by atoms with E-state index in [4.69, 9.17) is 4.74 Å². The number of hydrogen-bond acceptors (Lipinski definition) is 6. The molecule has 1 fully saturated rings. The maximum Gasteiger partial charge on any atom is 0.407 e. The molecule has 3 rings (SSSR count). The highest BCUT2D eigenvalue weighted by Crippen LogP contribution is 2.35. The summed E-state index contributed by atoms with van der Waals surface area (Å²) in [6.45, 7) is 11.6. The molecular weight excluding hydrogens is 514 g/mol. The fraction of sp³-hybridized carbons (Fsp3) is 0.667. The number of ether oxygens (including phenoxy) is 1. The first kappa shape index (κ1) is 31.4. The van der Waals surface area contributed by atoms with Crippen LogP contribution in [0.15, 0.2) is 24.3 Å². The molecule has 2 aliphatic heterocycles. The summed E-state index contributed by atoms with van der Waals surface area (Å²) >= 11 is 0. The average molecular weight is 560 g/mol. The molecule has 0 radical (unpaired) electrons. The average Bonchev–Trinajstić information content (AvgIpc) is 3.26. The molecule has 2 aliphatic rings. The molecule has 1 aromatic carbocycles. The molecule has 0 aromatic heterocycles. The van der Waals surface area contributed by atoms with Crippen LogP contribution in [0.3, 0.4) is 0 Å². The quantitative estimate of drug-likeness (QED) is 0.397. The van der Waals surface area contributed by atoms with E-state index in [-0.39, 0.29) is 37.1 Å². The predicted octanol–water partition coefficient (Wildman–Crippen LogP) is 3.74. The summed E-state index contributed by atoms with van der Waals surface area (Å²) < 4.78 is 5.39. The molecule has 0 aliphatic carbocycles. The third-order valence-corrected chi connectivity index (χ3v) is 7.57. The van der Waals surface area contributed by atoms with E-state index in [9.17, 15) is 29.4 Å². The van der Waals surface area contributed by atoms with Crippen LogP contribution in [0.5, 0.6) is 0 Å². The number of hydrogen-bond donors (Lipinski definition) is 3. The molecule has 0 bridgehead atoms. The molecule has 0 spiro atoms. The van der Waals surface area contributed by atoms with Crippen molar-refractivity contribution < 1.29 is 34.1 Å². The summed E-state index contributed by atoms with van der Waals surface area (Å²) in [5.74, 6) is -1.85. The lowest BCUT2D eigenvalue weighted by molar-refractivity contribution is -0.142. The number of aliphatic hydroxyl groups excluding tert-OH is 1. The van der Waals surface area contributed by atoms with E-state index >= 15 is 0 Å². The number of carboxylic acid groups (broad SMARTS) is 1. The van der Waals surface area contributed by atoms with E-state index in [1.165, 1.54) is 6.92 Å². The minimum Gasteiger partial charge on any atom is -0.481 e. The summed E-state index contributed by atoms with van der Waals surface area (Å²) in [5.41, 5.74) is 0.432. The van der Waals surface area contributed by atoms with Gasteiger partial charge in [0.2, 0.25) is 11.8 Å². The van der Waals surface area contributed by atoms with Gasteiger partial charge in [-0.15, -0.1) is 0 Å². The third-order valence-electron chi connectivity index (χ3n) is 7.57. The number of nitrogens with one attached hydrogen (secondary N) is 1. The van der Waals surface area contributed by atoms with Crippen LogP contribution >= 0.6 is 0 Å². The van der Waals surface area contributed by atoms with Crippen molar-refractivity contribution in [1.29, 1.82) is 0 Å². The number of amides is 3. The van der Waals surface area contributed by atoms with Gasteiger partial charge in [0.05, 0.1) is 24.1 Å². The number of para-hydroxylation sites is 1. The number of likely N-dealkylation sites (tertiary alicyclic amines) is 1. The lowest BCUT2D eigenvalue weighted by atomic mass is 9.79. The molecule has 0 unspecified atom stereocenters. The van der Waals surface area contributed by atoms with Crippen LogP contribution in [0.25, 0.3) is 0 Å². The van der Waals surface area contributed by atoms with Gasteiger partial charge in [0.15, 0.2) is 0 Å². The Labute approximate surface area is 237 Å². The van der Waals surface area contributed by atoms with Crippen molar-refractivity contribution >= 4 is 29.6 Å². The fourth-order valence-corrected chi connectivity index (χ4v) is 5.62. The molecule has 1 saturated heterocycles. The van der Waals surface area contributed by atoms with E-state index in [1.54, 1.807) is 25.7 Å². The zero-order valence-electron chi connectivity index (χ0n) is 24.6. The number of carbonyl (C=O) groups is 4. The summed E-state index contributed by atoms with van der Waals surface area (Å²) in [6.07, 6.45) is 0.459. The van der Waals surface area contributed by atoms with E-state index in [0.717, 1.165) is 17.7 Å². The highest BCUT2D eigenvalue weighted by Gasteiger charge is 2.38. The molecule has 4 atom stereocenters. The first-order valence-corrected chi connectivity index (χ1v) is 14.1. The summed E-state index contributed by atoms with van der Waals surface area (Å²) in [6, 6.07) is 6.83. The topological polar surface area (TPSA) is 136 Å². The van der Waals surface area contributed by atoms with E-state index in [1.807, 2.05) is 43.0 Å². The Kier molecular flexibility index (Phi) is 9.87. The first-order valence-electron chi connectivity index (χ1n) is 14.1. The number of anilines is 1. The SMILES string of the molecule is C[C@H](C[C@H](O)[C@H](CC(C)(C)CC(=O)N1C[C@H](N2CCCC2=O)Cc2ccccc21)NC(=O)OC(C)(C)C)C(=O)O. The Hall–Kier alpha value is -3.14. The lowest BCUT2D eigenvalue weighted by Crippen LogP contribution is -2.52. The van der Waals surface area contributed by atoms with Crippen LogP contribution in [0.4, 0.5) is 10.5 Å². The number of aliphatic carboxylic acids is 1. The zero-order chi connectivity index (χ0) is 29.8. The highest BCUT2D eigenvalue weighted by atomic mass is 16.6. The predicted molar refractivity (Wildman–Crippen MR) is 151 cm³/mol. The van der Waals surface area contributed by atoms with Gasteiger partial charge in [0, 0.05) is 31.6 Å². The van der Waals surface area contributed by atoms with Gasteiger partial charge in [-0.2, -0.15) is 0 Å². The number of rotatable bonds is 10. The lowest BCUT2D eigenvalue weighted by Gasteiger charge is -2.40. The standard InChI is InChI=1S/C30H45N3O7/c1-19(27(37)38)14-24(34)22(31-28(39)40-29(2,3)4)16-30(5,6)17-26(36)33-18-21(32-13-9-12-25(32)35)15-20-10-7-8-11-23(20)33/h7-8,10-11,19,21-22,24,34H,9,12-18H2,1-6H3,(H,31,39)(H,37,38)/t19-,21-,22+,24+/m1/s1. The minimum atomic E-state index is -1.16. The van der Waals surface area contributed by atoms with Gasteiger partial charge in [-0.25, -0.2) is 4.79 Å². The van der Waals surface area contributed by atoms with Gasteiger partial charge >= 0.3 is 12.1 Å². The third kappa shape index (κ3) is 8.43. The Morgan fingerprint density at radius 2 is 1.82 bits per heavy atom. The number of benzene rings is 1. The highest BCUT2D eigenvalue weighted by molar-refractivity contribution is 5.95. The normalized spacial score (nSPS) is 20.0. The van der Waals surface area contributed by atoms with Crippen molar-refractivity contribution in [1.82, 2.24) is 10.2 Å². The van der Waals surface area contributed by atoms with E-state index < -0.39 is 41.1 Å². The molecule has 2 heterocycles. The molecule has 1 aromatic rings. The van der Waals surface area contributed by atoms with Crippen LogP contribution in [-0.2, 0) is 25.5 Å². The summed E-state index contributed by atoms with van der Waals surface area (Å²) in [7, 11) is 0. The summed E-state index contributed by atoms with van der Waals surface area (Å²) in [5, 5.41) is 23.0. The Bertz CT molecular complexity index is 1100. The fourth-order valence-electron chi connectivity index (χ4n) is 5.62. The largest absolute Gasteiger partial charge is 0.481 e. The molecular formula is C30H45N3O7. The molecule has 10 nitrogen and oxygen atoms in total. The van der Waals surface area contributed by atoms with Crippen molar-refractivity contribution in [2.45, 2.75) is 104 Å². The van der Waals surface area contributed by atoms with Crippen LogP contribution < -0.4 is 10.2 Å². The van der Waals surface area contributed by atoms with Crippen LogP contribution in [-0.4, -0.2) is 75.9 Å². The second kappa shape index (κ2) is 12.6. The van der Waals surface area contributed by atoms with Gasteiger partial charge in [-0.3, -0.25) is 14.4 Å². The number of carboxylic acids is 1. The molecule has 222 valence electrons. The van der Waals surface area contributed by atoms with Gasteiger partial charge in [0.1, 0.15) is 5.60 Å². The maximum absolute atomic E-state index is 13.8. The maximum atomic E-state index is 13.8. The number of carbonyl (C=O) groups excluding carboxylic acids is 3. The van der Waals surface area contributed by atoms with Crippen molar-refractivity contribution in [3.8, 4) is 0 Å². The number of nitrogens with zero attached hydrogens (tertiary/aromatic N) is 2. The Balaban J connectivity index is 1.78. The van der Waals surface area contributed by atoms with Gasteiger partial charge in [-0.1, -0.05) is 39.0 Å². The van der Waals surface area contributed by atoms with Crippen molar-refractivity contribution in [3.63, 3.8) is 0 Å². The van der Waals surface area contributed by atoms with Crippen LogP contribution in [0.1, 0.15) is 79.2 Å². The number of alkyl carbamates (subject to hydrolysis) is 1. The van der Waals surface area contributed by atoms with Crippen LogP contribution in [0.2, 0.25) is 0 Å². The van der Waals surface area contributed by atoms with Crippen LogP contribution in [0, 0.1) is 11.3 Å². The zero-order valence-corrected chi connectivity index (χ0v) is 24.6. The number of fused-ring (bicyclic) bond motifs is 1. The Morgan fingerprint density at radius 1 is 1.15 bits per heavy atom. The smallest absolute Gasteiger partial charge is 0.407 e. The van der Waals surface area contributed by atoms with Crippen molar-refractivity contribution in [3.05, 3.63) is 29.8 Å². The molecule has 3 amide bonds. The van der Waals surface area contributed by atoms with Crippen molar-refractivity contribution in [2.75, 3.05) is 18.0 Å². The van der Waals surface area contributed by atoms with Crippen molar-refractivity contribution in [2.24, 2.45) is 11.3 Å². The molecule has 10 heteroatoms. The monoisotopic (exact) mass is 559 g/mol. The van der Waals surface area contributed by atoms with Gasteiger partial charge in [-0.05, 0) is 63.5 Å². The van der Waals surface area contributed by atoms with Gasteiger partial charge < -0.3 is 30.1 Å². The number of aliphatic hydroxyl groups is 1. The van der Waals surface area contributed by atoms with E-state index in [2.05, 4.69) is 5.32 Å². The van der Waals surface area contributed by atoms with Gasteiger partial charge in [0.25, 0.3) is 0 Å². The second-order valence-electron chi connectivity index (χ2n) is 13.0.